The number of nitrogens with zero attached hydrogens (tertiary/aromatic N) is 1. The molecule has 0 aliphatic heterocycles. The Morgan fingerprint density at radius 3 is 2.52 bits per heavy atom. The smallest absolute Gasteiger partial charge is 0.191 e. The maximum Gasteiger partial charge on any atom is 0.191 e. The fourth-order valence-corrected chi connectivity index (χ4v) is 1.78. The van der Waals surface area contributed by atoms with Crippen molar-refractivity contribution in [2.75, 3.05) is 26.3 Å². The summed E-state index contributed by atoms with van der Waals surface area (Å²) in [6.45, 7) is 8.25. The molecule has 0 radical (unpaired) electrons. The highest BCUT2D eigenvalue weighted by molar-refractivity contribution is 14.0. The Kier molecular flexibility index (Phi) is 13.6. The molecule has 0 spiro atoms. The molecule has 0 aliphatic rings. The number of halogens is 1. The van der Waals surface area contributed by atoms with E-state index in [0.29, 0.717) is 6.54 Å². The zero-order valence-corrected chi connectivity index (χ0v) is 15.4. The van der Waals surface area contributed by atoms with E-state index in [1.807, 2.05) is 25.1 Å². The normalized spacial score (nSPS) is 10.9. The summed E-state index contributed by atoms with van der Waals surface area (Å²) in [5, 5.41) is 6.61. The molecule has 0 fully saturated rings. The Labute approximate surface area is 145 Å². The quantitative estimate of drug-likeness (QED) is 0.287. The Hall–Kier alpha value is -0.820. The first-order valence-electron chi connectivity index (χ1n) is 7.50. The van der Waals surface area contributed by atoms with Crippen molar-refractivity contribution < 1.29 is 4.74 Å². The van der Waals surface area contributed by atoms with Crippen LogP contribution in [0.25, 0.3) is 0 Å². The first-order valence-corrected chi connectivity index (χ1v) is 7.50. The highest BCUT2D eigenvalue weighted by Gasteiger charge is 1.97. The molecule has 0 bridgehead atoms. The number of ether oxygens (including phenoxy) is 1. The zero-order chi connectivity index (χ0) is 14.5. The Morgan fingerprint density at radius 1 is 1.10 bits per heavy atom. The highest BCUT2D eigenvalue weighted by atomic mass is 127. The van der Waals surface area contributed by atoms with Crippen molar-refractivity contribution in [1.29, 1.82) is 0 Å². The Morgan fingerprint density at radius 2 is 1.86 bits per heavy atom. The third kappa shape index (κ3) is 10.5. The molecule has 0 amide bonds. The molecule has 5 heteroatoms. The predicted octanol–water partition coefficient (Wildman–Crippen LogP) is 3.18. The van der Waals surface area contributed by atoms with Crippen LogP contribution < -0.4 is 10.6 Å². The molecule has 21 heavy (non-hydrogen) atoms. The van der Waals surface area contributed by atoms with Crippen molar-refractivity contribution in [2.24, 2.45) is 4.99 Å². The summed E-state index contributed by atoms with van der Waals surface area (Å²) in [6.07, 6.45) is 2.18. The first kappa shape index (κ1) is 20.2. The summed E-state index contributed by atoms with van der Waals surface area (Å²) in [5.41, 5.74) is 1.22. The van der Waals surface area contributed by atoms with Gasteiger partial charge in [0.25, 0.3) is 0 Å². The number of nitrogens with one attached hydrogen (secondary N) is 2. The average molecular weight is 405 g/mol. The van der Waals surface area contributed by atoms with E-state index in [1.165, 1.54) is 5.56 Å². The molecule has 1 rings (SSSR count). The van der Waals surface area contributed by atoms with Gasteiger partial charge >= 0.3 is 0 Å². The van der Waals surface area contributed by atoms with Crippen LogP contribution >= 0.6 is 24.0 Å². The average Bonchev–Trinajstić information content (AvgIpc) is 2.49. The van der Waals surface area contributed by atoms with Crippen LogP contribution in [0, 0.1) is 0 Å². The van der Waals surface area contributed by atoms with E-state index in [2.05, 4.69) is 34.7 Å². The number of benzene rings is 1. The summed E-state index contributed by atoms with van der Waals surface area (Å²) in [6, 6.07) is 10.3. The van der Waals surface area contributed by atoms with Gasteiger partial charge in [0.15, 0.2) is 5.96 Å². The standard InChI is InChI=1S/C16H27N3O.HI/c1-3-17-16(18-12-8-9-13-20-4-2)19-14-15-10-6-5-7-11-15;/h5-7,10-11H,3-4,8-9,12-14H2,1-2H3,(H2,17,18,19);1H. The molecule has 1 aromatic rings. The largest absolute Gasteiger partial charge is 0.382 e. The van der Waals surface area contributed by atoms with Crippen molar-refractivity contribution in [3.63, 3.8) is 0 Å². The van der Waals surface area contributed by atoms with E-state index in [4.69, 9.17) is 4.74 Å². The van der Waals surface area contributed by atoms with Crippen LogP contribution in [0.5, 0.6) is 0 Å². The fourth-order valence-electron chi connectivity index (χ4n) is 1.78. The number of aliphatic imine (C=N–C) groups is 1. The maximum absolute atomic E-state index is 5.32. The monoisotopic (exact) mass is 405 g/mol. The van der Waals surface area contributed by atoms with Crippen LogP contribution in [0.4, 0.5) is 0 Å². The number of guanidine groups is 1. The molecule has 1 aromatic carbocycles. The van der Waals surface area contributed by atoms with E-state index >= 15 is 0 Å². The van der Waals surface area contributed by atoms with Gasteiger partial charge in [-0.3, -0.25) is 0 Å². The number of hydrogen-bond acceptors (Lipinski definition) is 2. The van der Waals surface area contributed by atoms with Gasteiger partial charge in [0.2, 0.25) is 0 Å². The molecule has 0 saturated carbocycles. The van der Waals surface area contributed by atoms with E-state index in [9.17, 15) is 0 Å². The van der Waals surface area contributed by atoms with Gasteiger partial charge in [-0.05, 0) is 32.3 Å². The van der Waals surface area contributed by atoms with Gasteiger partial charge in [0.1, 0.15) is 0 Å². The van der Waals surface area contributed by atoms with Gasteiger partial charge in [-0.15, -0.1) is 24.0 Å². The summed E-state index contributed by atoms with van der Waals surface area (Å²) in [7, 11) is 0. The maximum atomic E-state index is 5.32. The molecular weight excluding hydrogens is 377 g/mol. The van der Waals surface area contributed by atoms with Crippen LogP contribution in [-0.4, -0.2) is 32.3 Å². The molecule has 0 saturated heterocycles. The van der Waals surface area contributed by atoms with Gasteiger partial charge < -0.3 is 15.4 Å². The summed E-state index contributed by atoms with van der Waals surface area (Å²) >= 11 is 0. The number of rotatable bonds is 9. The van der Waals surface area contributed by atoms with Crippen LogP contribution in [0.3, 0.4) is 0 Å². The van der Waals surface area contributed by atoms with Crippen molar-refractivity contribution in [3.05, 3.63) is 35.9 Å². The molecule has 0 heterocycles. The van der Waals surface area contributed by atoms with Crippen LogP contribution in [0.2, 0.25) is 0 Å². The van der Waals surface area contributed by atoms with E-state index in [1.54, 1.807) is 0 Å². The van der Waals surface area contributed by atoms with Gasteiger partial charge in [0, 0.05) is 26.3 Å². The minimum Gasteiger partial charge on any atom is -0.382 e. The van der Waals surface area contributed by atoms with Crippen LogP contribution in [0.1, 0.15) is 32.3 Å². The van der Waals surface area contributed by atoms with Crippen molar-refractivity contribution >= 4 is 29.9 Å². The second kappa shape index (κ2) is 14.1. The lowest BCUT2D eigenvalue weighted by Gasteiger charge is -2.11. The topological polar surface area (TPSA) is 45.7 Å². The number of unbranched alkanes of at least 4 members (excludes halogenated alkanes) is 1. The lowest BCUT2D eigenvalue weighted by Crippen LogP contribution is -2.37. The molecule has 0 unspecified atom stereocenters. The summed E-state index contributed by atoms with van der Waals surface area (Å²) < 4.78 is 5.32. The molecule has 0 aromatic heterocycles. The van der Waals surface area contributed by atoms with E-state index in [0.717, 1.165) is 45.1 Å². The molecule has 120 valence electrons. The second-order valence-electron chi connectivity index (χ2n) is 4.51. The fraction of sp³-hybridized carbons (Fsp3) is 0.562. The lowest BCUT2D eigenvalue weighted by atomic mass is 10.2. The van der Waals surface area contributed by atoms with Crippen molar-refractivity contribution in [2.45, 2.75) is 33.2 Å². The second-order valence-corrected chi connectivity index (χ2v) is 4.51. The van der Waals surface area contributed by atoms with Gasteiger partial charge in [-0.2, -0.15) is 0 Å². The van der Waals surface area contributed by atoms with Gasteiger partial charge in [-0.1, -0.05) is 30.3 Å². The van der Waals surface area contributed by atoms with Crippen LogP contribution in [0.15, 0.2) is 35.3 Å². The molecular formula is C16H28IN3O. The SMILES string of the molecule is CCNC(=NCc1ccccc1)NCCCCOCC.I. The zero-order valence-electron chi connectivity index (χ0n) is 13.1. The van der Waals surface area contributed by atoms with Gasteiger partial charge in [0.05, 0.1) is 6.54 Å². The van der Waals surface area contributed by atoms with E-state index < -0.39 is 0 Å². The summed E-state index contributed by atoms with van der Waals surface area (Å²) in [4.78, 5) is 4.58. The van der Waals surface area contributed by atoms with Crippen LogP contribution in [-0.2, 0) is 11.3 Å². The predicted molar refractivity (Wildman–Crippen MR) is 100 cm³/mol. The molecule has 0 aliphatic carbocycles. The first-order chi connectivity index (χ1) is 9.86. The number of hydrogen-bond donors (Lipinski definition) is 2. The third-order valence-electron chi connectivity index (χ3n) is 2.82. The Bertz CT molecular complexity index is 371. The van der Waals surface area contributed by atoms with Gasteiger partial charge in [-0.25, -0.2) is 4.99 Å². The summed E-state index contributed by atoms with van der Waals surface area (Å²) in [5.74, 6) is 0.882. The molecule has 0 atom stereocenters. The Balaban J connectivity index is 0.00000400. The van der Waals surface area contributed by atoms with Crippen molar-refractivity contribution in [3.8, 4) is 0 Å². The molecule has 4 nitrogen and oxygen atoms in total. The van der Waals surface area contributed by atoms with Crippen molar-refractivity contribution in [1.82, 2.24) is 10.6 Å². The minimum absolute atomic E-state index is 0. The van der Waals surface area contributed by atoms with E-state index in [-0.39, 0.29) is 24.0 Å². The lowest BCUT2D eigenvalue weighted by molar-refractivity contribution is 0.143. The third-order valence-corrected chi connectivity index (χ3v) is 2.82. The molecule has 2 N–H and O–H groups in total. The minimum atomic E-state index is 0. The highest BCUT2D eigenvalue weighted by Crippen LogP contribution is 1.99.